The lowest BCUT2D eigenvalue weighted by atomic mass is 9.45. The van der Waals surface area contributed by atoms with Crippen LogP contribution in [0.15, 0.2) is 12.1 Å². The van der Waals surface area contributed by atoms with Crippen molar-refractivity contribution in [2.24, 2.45) is 28.6 Å². The average molecular weight is 342 g/mol. The lowest BCUT2D eigenvalue weighted by Gasteiger charge is -2.60. The second-order valence-electron chi connectivity index (χ2n) is 9.88. The van der Waals surface area contributed by atoms with Crippen molar-refractivity contribution >= 4 is 0 Å². The molecule has 0 bridgehead atoms. The highest BCUT2D eigenvalue weighted by Crippen LogP contribution is 2.69. The number of phenols is 1. The van der Waals surface area contributed by atoms with Crippen LogP contribution >= 0.6 is 0 Å². The van der Waals surface area contributed by atoms with Crippen LogP contribution in [0.1, 0.15) is 63.7 Å². The third-order valence-electron chi connectivity index (χ3n) is 7.96. The summed E-state index contributed by atoms with van der Waals surface area (Å²) in [5.41, 5.74) is 2.53. The first-order valence-electron chi connectivity index (χ1n) is 9.95. The minimum Gasteiger partial charge on any atom is -0.507 e. The van der Waals surface area contributed by atoms with Crippen LogP contribution in [-0.2, 0) is 4.74 Å². The second-order valence-corrected chi connectivity index (χ2v) is 9.88. The van der Waals surface area contributed by atoms with Crippen molar-refractivity contribution in [3.8, 4) is 11.5 Å². The largest absolute Gasteiger partial charge is 0.507 e. The molecule has 1 aromatic rings. The van der Waals surface area contributed by atoms with E-state index in [1.807, 2.05) is 13.0 Å². The van der Waals surface area contributed by atoms with Gasteiger partial charge in [0.15, 0.2) is 0 Å². The molecule has 1 N–H and O–H groups in total. The molecule has 2 saturated carbocycles. The Balaban J connectivity index is 1.67. The number of rotatable bonds is 0. The molecule has 2 aliphatic carbocycles. The van der Waals surface area contributed by atoms with E-state index >= 15 is 0 Å². The molecule has 6 unspecified atom stereocenters. The normalized spacial score (nSPS) is 43.6. The van der Waals surface area contributed by atoms with Crippen LogP contribution in [0, 0.1) is 35.5 Å². The molecule has 0 amide bonds. The number of aromatic hydroxyl groups is 1. The molecule has 25 heavy (non-hydrogen) atoms. The van der Waals surface area contributed by atoms with E-state index in [1.54, 1.807) is 0 Å². The molecule has 2 aliphatic heterocycles. The molecule has 5 rings (SSSR count). The van der Waals surface area contributed by atoms with Crippen LogP contribution in [0.25, 0.3) is 0 Å². The molecule has 1 spiro atoms. The topological polar surface area (TPSA) is 38.7 Å². The van der Waals surface area contributed by atoms with Gasteiger partial charge in [-0.05, 0) is 61.1 Å². The standard InChI is InChI=1S/C22H30O3/c1-12-8-14(23)17-15(9-12)25-19-13(2)10-16-21(3,4)6-5-7-22(16)11-24-20(17)18(19)22/h8-9,13,16,18-20,23H,5-7,10-11H2,1-4H3. The first-order valence-corrected chi connectivity index (χ1v) is 9.95. The van der Waals surface area contributed by atoms with Gasteiger partial charge in [-0.3, -0.25) is 0 Å². The van der Waals surface area contributed by atoms with Crippen molar-refractivity contribution in [1.29, 1.82) is 0 Å². The number of fused-ring (bicyclic) bond motifs is 2. The molecule has 2 heterocycles. The highest BCUT2D eigenvalue weighted by atomic mass is 16.5. The average Bonchev–Trinajstić information content (AvgIpc) is 2.89. The van der Waals surface area contributed by atoms with Gasteiger partial charge in [-0.1, -0.05) is 27.2 Å². The van der Waals surface area contributed by atoms with Gasteiger partial charge < -0.3 is 14.6 Å². The van der Waals surface area contributed by atoms with E-state index in [4.69, 9.17) is 9.47 Å². The van der Waals surface area contributed by atoms with Gasteiger partial charge in [0.25, 0.3) is 0 Å². The van der Waals surface area contributed by atoms with Crippen LogP contribution in [0.3, 0.4) is 0 Å². The third-order valence-corrected chi connectivity index (χ3v) is 7.96. The maximum atomic E-state index is 10.6. The van der Waals surface area contributed by atoms with E-state index in [0.717, 1.165) is 23.5 Å². The van der Waals surface area contributed by atoms with E-state index in [1.165, 1.54) is 25.7 Å². The molecular weight excluding hydrogens is 312 g/mol. The van der Waals surface area contributed by atoms with Crippen LogP contribution in [0.4, 0.5) is 0 Å². The van der Waals surface area contributed by atoms with E-state index in [9.17, 15) is 5.11 Å². The summed E-state index contributed by atoms with van der Waals surface area (Å²) in [4.78, 5) is 0. The van der Waals surface area contributed by atoms with Crippen molar-refractivity contribution in [2.75, 3.05) is 6.61 Å². The number of benzene rings is 1. The van der Waals surface area contributed by atoms with E-state index in [-0.39, 0.29) is 17.6 Å². The lowest BCUT2D eigenvalue weighted by Crippen LogP contribution is -2.59. The maximum Gasteiger partial charge on any atom is 0.129 e. The Bertz CT molecular complexity index is 724. The number of hydrogen-bond donors (Lipinski definition) is 1. The lowest BCUT2D eigenvalue weighted by molar-refractivity contribution is -0.135. The molecule has 0 radical (unpaired) electrons. The summed E-state index contributed by atoms with van der Waals surface area (Å²) < 4.78 is 13.0. The molecule has 3 fully saturated rings. The highest BCUT2D eigenvalue weighted by molar-refractivity contribution is 5.51. The highest BCUT2D eigenvalue weighted by Gasteiger charge is 2.66. The predicted octanol–water partition coefficient (Wildman–Crippen LogP) is 5.00. The van der Waals surface area contributed by atoms with E-state index in [0.29, 0.717) is 28.9 Å². The Morgan fingerprint density at radius 3 is 2.80 bits per heavy atom. The number of phenolic OH excluding ortho intramolecular Hbond substituents is 1. The third kappa shape index (κ3) is 1.96. The van der Waals surface area contributed by atoms with Gasteiger partial charge in [0.2, 0.25) is 0 Å². The number of aryl methyl sites for hydroxylation is 1. The van der Waals surface area contributed by atoms with E-state index in [2.05, 4.69) is 26.8 Å². The van der Waals surface area contributed by atoms with Crippen molar-refractivity contribution in [1.82, 2.24) is 0 Å². The molecule has 4 aliphatic rings. The van der Waals surface area contributed by atoms with Crippen molar-refractivity contribution in [2.45, 2.75) is 65.6 Å². The van der Waals surface area contributed by atoms with Crippen LogP contribution in [-0.4, -0.2) is 17.8 Å². The molecule has 136 valence electrons. The summed E-state index contributed by atoms with van der Waals surface area (Å²) in [6.45, 7) is 10.1. The minimum atomic E-state index is -0.00602. The summed E-state index contributed by atoms with van der Waals surface area (Å²) in [5, 5.41) is 10.6. The minimum absolute atomic E-state index is 0.00602. The summed E-state index contributed by atoms with van der Waals surface area (Å²) >= 11 is 0. The molecule has 1 saturated heterocycles. The zero-order valence-corrected chi connectivity index (χ0v) is 15.8. The Labute approximate surface area is 150 Å². The van der Waals surface area contributed by atoms with E-state index < -0.39 is 0 Å². The summed E-state index contributed by atoms with van der Waals surface area (Å²) in [6, 6.07) is 3.93. The van der Waals surface area contributed by atoms with Gasteiger partial charge in [-0.2, -0.15) is 0 Å². The smallest absolute Gasteiger partial charge is 0.129 e. The Kier molecular flexibility index (Phi) is 3.16. The van der Waals surface area contributed by atoms with Crippen LogP contribution < -0.4 is 4.74 Å². The van der Waals surface area contributed by atoms with Gasteiger partial charge in [-0.25, -0.2) is 0 Å². The molecule has 6 atom stereocenters. The second kappa shape index (κ2) is 4.94. The predicted molar refractivity (Wildman–Crippen MR) is 96.8 cm³/mol. The maximum absolute atomic E-state index is 10.6. The van der Waals surface area contributed by atoms with Crippen molar-refractivity contribution < 1.29 is 14.6 Å². The van der Waals surface area contributed by atoms with Gasteiger partial charge in [-0.15, -0.1) is 0 Å². The molecular formula is C22H30O3. The van der Waals surface area contributed by atoms with Crippen molar-refractivity contribution in [3.63, 3.8) is 0 Å². The Hall–Kier alpha value is -1.22. The van der Waals surface area contributed by atoms with Crippen LogP contribution in [0.2, 0.25) is 0 Å². The quantitative estimate of drug-likeness (QED) is 0.721. The van der Waals surface area contributed by atoms with Gasteiger partial charge in [0.05, 0.1) is 18.3 Å². The zero-order valence-electron chi connectivity index (χ0n) is 15.8. The zero-order chi connectivity index (χ0) is 17.6. The fourth-order valence-electron chi connectivity index (χ4n) is 6.96. The van der Waals surface area contributed by atoms with Gasteiger partial charge in [0, 0.05) is 11.3 Å². The monoisotopic (exact) mass is 342 g/mol. The first-order chi connectivity index (χ1) is 11.8. The molecule has 3 heteroatoms. The number of hydrogen-bond acceptors (Lipinski definition) is 3. The van der Waals surface area contributed by atoms with Crippen molar-refractivity contribution in [3.05, 3.63) is 23.3 Å². The summed E-state index contributed by atoms with van der Waals surface area (Å²) in [6.07, 6.45) is 5.29. The summed E-state index contributed by atoms with van der Waals surface area (Å²) in [7, 11) is 0. The Morgan fingerprint density at radius 1 is 1.20 bits per heavy atom. The summed E-state index contributed by atoms with van der Waals surface area (Å²) in [5.74, 6) is 2.79. The van der Waals surface area contributed by atoms with Gasteiger partial charge >= 0.3 is 0 Å². The SMILES string of the molecule is Cc1cc(O)c2c(c1)OC1C(C)CC3C(C)(C)CCCC34COC2C14. The molecule has 3 nitrogen and oxygen atoms in total. The van der Waals surface area contributed by atoms with Crippen LogP contribution in [0.5, 0.6) is 11.5 Å². The number of ether oxygens (including phenoxy) is 2. The fourth-order valence-corrected chi connectivity index (χ4v) is 6.96. The molecule has 1 aromatic carbocycles. The first kappa shape index (κ1) is 16.0. The van der Waals surface area contributed by atoms with Gasteiger partial charge in [0.1, 0.15) is 17.6 Å². The molecule has 0 aromatic heterocycles. The Morgan fingerprint density at radius 2 is 2.00 bits per heavy atom. The fraction of sp³-hybridized carbons (Fsp3) is 0.727.